The van der Waals surface area contributed by atoms with E-state index in [0.717, 1.165) is 0 Å². The van der Waals surface area contributed by atoms with Crippen molar-refractivity contribution in [2.75, 3.05) is 5.32 Å². The molecule has 1 aromatic rings. The normalized spacial score (nSPS) is 10.8. The Hall–Kier alpha value is -2.24. The molecule has 0 bridgehead atoms. The number of carbonyl (C=O) groups is 2. The summed E-state index contributed by atoms with van der Waals surface area (Å²) in [7, 11) is 0. The van der Waals surface area contributed by atoms with E-state index in [1.807, 2.05) is 0 Å². The minimum atomic E-state index is -1.25. The summed E-state index contributed by atoms with van der Waals surface area (Å²) in [5, 5.41) is 20.7. The van der Waals surface area contributed by atoms with Crippen LogP contribution < -0.4 is 5.32 Å². The van der Waals surface area contributed by atoms with E-state index < -0.39 is 17.7 Å². The van der Waals surface area contributed by atoms with Crippen molar-refractivity contribution in [2.45, 2.75) is 26.4 Å². The van der Waals surface area contributed by atoms with Crippen LogP contribution in [0.2, 0.25) is 0 Å². The lowest BCUT2D eigenvalue weighted by Gasteiger charge is -2.20. The molecule has 0 aliphatic carbocycles. The molecule has 1 amide bonds. The van der Waals surface area contributed by atoms with Crippen molar-refractivity contribution < 1.29 is 24.5 Å². The average Bonchev–Trinajstić information content (AvgIpc) is 2.17. The summed E-state index contributed by atoms with van der Waals surface area (Å²) in [6, 6.07) is 3.92. The van der Waals surface area contributed by atoms with Gasteiger partial charge in [-0.25, -0.2) is 9.59 Å². The standard InChI is InChI=1S/C12H15NO5/c1-12(2,3)18-11(17)13-9-7(10(15)16)5-4-6-8(9)14/h4-6,14H,1-3H3,(H,13,17)(H,15,16). The predicted octanol–water partition coefficient (Wildman–Crippen LogP) is 2.44. The van der Waals surface area contributed by atoms with Gasteiger partial charge in [0.15, 0.2) is 0 Å². The number of aromatic carboxylic acids is 1. The number of carbonyl (C=O) groups excluding carboxylic acids is 1. The minimum absolute atomic E-state index is 0.181. The van der Waals surface area contributed by atoms with Gasteiger partial charge in [-0.05, 0) is 32.9 Å². The van der Waals surface area contributed by atoms with Crippen molar-refractivity contribution in [1.29, 1.82) is 0 Å². The van der Waals surface area contributed by atoms with Crippen LogP contribution >= 0.6 is 0 Å². The quantitative estimate of drug-likeness (QED) is 0.703. The molecule has 18 heavy (non-hydrogen) atoms. The van der Waals surface area contributed by atoms with Crippen molar-refractivity contribution >= 4 is 17.7 Å². The second kappa shape index (κ2) is 4.95. The predicted molar refractivity (Wildman–Crippen MR) is 64.9 cm³/mol. The second-order valence-corrected chi connectivity index (χ2v) is 4.63. The maximum atomic E-state index is 11.5. The Morgan fingerprint density at radius 1 is 1.28 bits per heavy atom. The van der Waals surface area contributed by atoms with Gasteiger partial charge in [0.1, 0.15) is 17.0 Å². The topological polar surface area (TPSA) is 95.9 Å². The van der Waals surface area contributed by atoms with Gasteiger partial charge in [-0.15, -0.1) is 0 Å². The van der Waals surface area contributed by atoms with Crippen molar-refractivity contribution in [2.24, 2.45) is 0 Å². The smallest absolute Gasteiger partial charge is 0.412 e. The number of hydrogen-bond acceptors (Lipinski definition) is 4. The molecule has 0 saturated heterocycles. The Labute approximate surface area is 104 Å². The number of carboxylic acids is 1. The van der Waals surface area contributed by atoms with E-state index in [0.29, 0.717) is 0 Å². The molecule has 0 saturated carbocycles. The summed E-state index contributed by atoms with van der Waals surface area (Å²) in [6.45, 7) is 5.03. The molecule has 0 atom stereocenters. The summed E-state index contributed by atoms with van der Waals surface area (Å²) >= 11 is 0. The lowest BCUT2D eigenvalue weighted by Crippen LogP contribution is -2.27. The second-order valence-electron chi connectivity index (χ2n) is 4.63. The molecule has 0 aromatic heterocycles. The SMILES string of the molecule is CC(C)(C)OC(=O)Nc1c(O)cccc1C(=O)O. The van der Waals surface area contributed by atoms with Gasteiger partial charge >= 0.3 is 12.1 Å². The molecule has 1 rings (SSSR count). The number of phenolic OH excluding ortho intramolecular Hbond substituents is 1. The van der Waals surface area contributed by atoms with E-state index in [1.165, 1.54) is 18.2 Å². The molecule has 1 aromatic carbocycles. The van der Waals surface area contributed by atoms with E-state index in [1.54, 1.807) is 20.8 Å². The first-order chi connectivity index (χ1) is 8.20. The van der Waals surface area contributed by atoms with Crippen LogP contribution in [-0.4, -0.2) is 27.9 Å². The number of hydrogen-bond donors (Lipinski definition) is 3. The van der Waals surface area contributed by atoms with E-state index in [2.05, 4.69) is 5.32 Å². The van der Waals surface area contributed by atoms with Crippen molar-refractivity contribution in [3.05, 3.63) is 23.8 Å². The summed E-state index contributed by atoms with van der Waals surface area (Å²) in [6.07, 6.45) is -0.827. The molecule has 0 unspecified atom stereocenters. The first kappa shape index (κ1) is 13.8. The first-order valence-electron chi connectivity index (χ1n) is 5.26. The van der Waals surface area contributed by atoms with Crippen LogP contribution in [0.5, 0.6) is 5.75 Å². The van der Waals surface area contributed by atoms with Gasteiger partial charge < -0.3 is 14.9 Å². The fraction of sp³-hybridized carbons (Fsp3) is 0.333. The number of amides is 1. The van der Waals surface area contributed by atoms with Gasteiger partial charge in [-0.1, -0.05) is 6.07 Å². The molecule has 6 heteroatoms. The van der Waals surface area contributed by atoms with Crippen LogP contribution in [0.3, 0.4) is 0 Å². The Bertz CT molecular complexity index is 476. The number of carboxylic acid groups (broad SMARTS) is 1. The highest BCUT2D eigenvalue weighted by atomic mass is 16.6. The molecule has 98 valence electrons. The van der Waals surface area contributed by atoms with Gasteiger partial charge in [0.2, 0.25) is 0 Å². The van der Waals surface area contributed by atoms with Crippen LogP contribution in [-0.2, 0) is 4.74 Å². The number of benzene rings is 1. The van der Waals surface area contributed by atoms with Gasteiger partial charge in [-0.3, -0.25) is 5.32 Å². The number of aromatic hydroxyl groups is 1. The fourth-order valence-electron chi connectivity index (χ4n) is 1.26. The van der Waals surface area contributed by atoms with Crippen molar-refractivity contribution in [1.82, 2.24) is 0 Å². The van der Waals surface area contributed by atoms with Crippen LogP contribution in [0.1, 0.15) is 31.1 Å². The monoisotopic (exact) mass is 253 g/mol. The average molecular weight is 253 g/mol. The summed E-state index contributed by atoms with van der Waals surface area (Å²) in [5.41, 5.74) is -1.10. The van der Waals surface area contributed by atoms with Crippen LogP contribution in [0.15, 0.2) is 18.2 Å². The third-order valence-electron chi connectivity index (χ3n) is 1.90. The van der Waals surface area contributed by atoms with Gasteiger partial charge in [0.05, 0.1) is 5.56 Å². The third-order valence-corrected chi connectivity index (χ3v) is 1.90. The van der Waals surface area contributed by atoms with E-state index in [9.17, 15) is 14.7 Å². The van der Waals surface area contributed by atoms with Crippen LogP contribution in [0, 0.1) is 0 Å². The minimum Gasteiger partial charge on any atom is -0.506 e. The molecule has 3 N–H and O–H groups in total. The molecular weight excluding hydrogens is 238 g/mol. The van der Waals surface area contributed by atoms with Crippen molar-refractivity contribution in [3.63, 3.8) is 0 Å². The summed E-state index contributed by atoms with van der Waals surface area (Å²) < 4.78 is 4.98. The third kappa shape index (κ3) is 3.65. The number of para-hydroxylation sites is 1. The highest BCUT2D eigenvalue weighted by Crippen LogP contribution is 2.27. The molecule has 0 spiro atoms. The zero-order chi connectivity index (χ0) is 13.9. The number of ether oxygens (including phenoxy) is 1. The Morgan fingerprint density at radius 3 is 2.39 bits per heavy atom. The number of nitrogens with one attached hydrogen (secondary N) is 1. The molecule has 0 radical (unpaired) electrons. The lowest BCUT2D eigenvalue weighted by atomic mass is 10.1. The lowest BCUT2D eigenvalue weighted by molar-refractivity contribution is 0.0635. The molecule has 6 nitrogen and oxygen atoms in total. The zero-order valence-corrected chi connectivity index (χ0v) is 10.4. The largest absolute Gasteiger partial charge is 0.506 e. The van der Waals surface area contributed by atoms with Crippen molar-refractivity contribution in [3.8, 4) is 5.75 Å². The van der Waals surface area contributed by atoms with E-state index in [-0.39, 0.29) is 17.0 Å². The van der Waals surface area contributed by atoms with E-state index >= 15 is 0 Å². The highest BCUT2D eigenvalue weighted by molar-refractivity contribution is 6.00. The van der Waals surface area contributed by atoms with Crippen LogP contribution in [0.25, 0.3) is 0 Å². The highest BCUT2D eigenvalue weighted by Gasteiger charge is 2.20. The van der Waals surface area contributed by atoms with Crippen LogP contribution in [0.4, 0.5) is 10.5 Å². The zero-order valence-electron chi connectivity index (χ0n) is 10.4. The molecule has 0 fully saturated rings. The number of rotatable bonds is 2. The van der Waals surface area contributed by atoms with Gasteiger partial charge in [-0.2, -0.15) is 0 Å². The molecule has 0 aliphatic rings. The van der Waals surface area contributed by atoms with Gasteiger partial charge in [0, 0.05) is 0 Å². The first-order valence-corrected chi connectivity index (χ1v) is 5.26. The maximum Gasteiger partial charge on any atom is 0.412 e. The molecule has 0 aliphatic heterocycles. The number of anilines is 1. The summed E-state index contributed by atoms with van der Waals surface area (Å²) in [5.74, 6) is -1.59. The van der Waals surface area contributed by atoms with E-state index in [4.69, 9.17) is 9.84 Å². The summed E-state index contributed by atoms with van der Waals surface area (Å²) in [4.78, 5) is 22.5. The van der Waals surface area contributed by atoms with Gasteiger partial charge in [0.25, 0.3) is 0 Å². The Morgan fingerprint density at radius 2 is 1.89 bits per heavy atom. The Balaban J connectivity index is 2.97. The fourth-order valence-corrected chi connectivity index (χ4v) is 1.26. The number of phenols is 1. The molecular formula is C12H15NO5. The molecule has 0 heterocycles. The Kier molecular flexibility index (Phi) is 3.80. The maximum absolute atomic E-state index is 11.5.